The molecular formula is C17H12BrNO3. The molecule has 3 rings (SSSR count). The molecule has 0 aliphatic carbocycles. The highest BCUT2D eigenvalue weighted by Crippen LogP contribution is 2.19. The lowest BCUT2D eigenvalue weighted by atomic mass is 10.1. The Morgan fingerprint density at radius 2 is 2.09 bits per heavy atom. The van der Waals surface area contributed by atoms with Crippen LogP contribution in [0.1, 0.15) is 16.8 Å². The van der Waals surface area contributed by atoms with Crippen molar-refractivity contribution >= 4 is 38.9 Å². The Morgan fingerprint density at radius 1 is 1.27 bits per heavy atom. The monoisotopic (exact) mass is 357 g/mol. The molecule has 0 spiro atoms. The fraction of sp³-hybridized carbons (Fsp3) is 0.0588. The van der Waals surface area contributed by atoms with Crippen molar-refractivity contribution in [3.63, 3.8) is 0 Å². The van der Waals surface area contributed by atoms with Gasteiger partial charge in [-0.05, 0) is 36.8 Å². The third-order valence-corrected chi connectivity index (χ3v) is 3.65. The number of nitrogens with zero attached hydrogens (tertiary/aromatic N) is 1. The number of hydrogen-bond acceptors (Lipinski definition) is 4. The molecule has 5 heteroatoms. The van der Waals surface area contributed by atoms with Gasteiger partial charge in [-0.25, -0.2) is 9.78 Å². The van der Waals surface area contributed by atoms with E-state index in [1.807, 2.05) is 25.1 Å². The van der Waals surface area contributed by atoms with Crippen LogP contribution < -0.4 is 5.63 Å². The molecule has 0 saturated carbocycles. The van der Waals surface area contributed by atoms with Gasteiger partial charge in [-0.1, -0.05) is 34.1 Å². The number of benzene rings is 2. The Labute approximate surface area is 134 Å². The van der Waals surface area contributed by atoms with Crippen LogP contribution in [0.25, 0.3) is 22.9 Å². The summed E-state index contributed by atoms with van der Waals surface area (Å²) in [7, 11) is 0. The maximum Gasteiger partial charge on any atom is 0.362 e. The number of halogens is 1. The lowest BCUT2D eigenvalue weighted by Crippen LogP contribution is -2.06. The molecule has 2 aromatic carbocycles. The fourth-order valence-electron chi connectivity index (χ4n) is 2.08. The maximum absolute atomic E-state index is 12.0. The van der Waals surface area contributed by atoms with Crippen LogP contribution in [-0.4, -0.2) is 10.1 Å². The van der Waals surface area contributed by atoms with E-state index in [0.29, 0.717) is 16.7 Å². The molecule has 0 bridgehead atoms. The van der Waals surface area contributed by atoms with Gasteiger partial charge in [0.25, 0.3) is 0 Å². The summed E-state index contributed by atoms with van der Waals surface area (Å²) >= 11 is 3.34. The molecule has 0 radical (unpaired) electrons. The van der Waals surface area contributed by atoms with E-state index in [-0.39, 0.29) is 11.5 Å². The van der Waals surface area contributed by atoms with Crippen LogP contribution >= 0.6 is 15.9 Å². The van der Waals surface area contributed by atoms with Crippen molar-refractivity contribution in [2.45, 2.75) is 6.92 Å². The molecule has 0 unspecified atom stereocenters. The van der Waals surface area contributed by atoms with Crippen molar-refractivity contribution in [3.8, 4) is 0 Å². The maximum atomic E-state index is 12.0. The Bertz CT molecular complexity index is 944. The molecule has 1 aromatic heterocycles. The number of aromatic nitrogens is 1. The molecule has 1 N–H and O–H groups in total. The molecule has 0 atom stereocenters. The number of aryl methyl sites for hydroxylation is 1. The SMILES string of the molecule is Cc1ccc2oc(=O)c(C=C(O)c3cccc(Br)c3)nc2c1. The Kier molecular flexibility index (Phi) is 3.81. The molecule has 22 heavy (non-hydrogen) atoms. The molecular weight excluding hydrogens is 346 g/mol. The zero-order chi connectivity index (χ0) is 15.7. The first-order chi connectivity index (χ1) is 10.5. The first-order valence-corrected chi connectivity index (χ1v) is 7.40. The second kappa shape index (κ2) is 5.77. The fourth-order valence-corrected chi connectivity index (χ4v) is 2.48. The minimum atomic E-state index is -0.585. The van der Waals surface area contributed by atoms with Gasteiger partial charge in [0.1, 0.15) is 11.3 Å². The zero-order valence-corrected chi connectivity index (χ0v) is 13.3. The summed E-state index contributed by atoms with van der Waals surface area (Å²) in [6, 6.07) is 12.5. The molecule has 0 fully saturated rings. The average Bonchev–Trinajstić information content (AvgIpc) is 2.48. The van der Waals surface area contributed by atoms with E-state index in [4.69, 9.17) is 4.42 Å². The third kappa shape index (κ3) is 2.94. The van der Waals surface area contributed by atoms with Gasteiger partial charge in [-0.2, -0.15) is 0 Å². The summed E-state index contributed by atoms with van der Waals surface area (Å²) in [5.41, 5.74) is 2.08. The zero-order valence-electron chi connectivity index (χ0n) is 11.7. The predicted octanol–water partition coefficient (Wildman–Crippen LogP) is 4.32. The minimum Gasteiger partial charge on any atom is -0.507 e. The largest absolute Gasteiger partial charge is 0.507 e. The third-order valence-electron chi connectivity index (χ3n) is 3.16. The van der Waals surface area contributed by atoms with Crippen LogP contribution in [0.4, 0.5) is 0 Å². The van der Waals surface area contributed by atoms with Gasteiger partial charge in [-0.3, -0.25) is 0 Å². The predicted molar refractivity (Wildman–Crippen MR) is 89.7 cm³/mol. The van der Waals surface area contributed by atoms with Gasteiger partial charge in [0.15, 0.2) is 11.3 Å². The van der Waals surface area contributed by atoms with Crippen LogP contribution in [0.5, 0.6) is 0 Å². The van der Waals surface area contributed by atoms with Crippen molar-refractivity contribution < 1.29 is 9.52 Å². The number of aliphatic hydroxyl groups excluding tert-OH is 1. The van der Waals surface area contributed by atoms with E-state index in [2.05, 4.69) is 20.9 Å². The van der Waals surface area contributed by atoms with E-state index in [1.54, 1.807) is 24.3 Å². The van der Waals surface area contributed by atoms with Gasteiger partial charge in [0, 0.05) is 16.1 Å². The molecule has 1 heterocycles. The average molecular weight is 358 g/mol. The smallest absolute Gasteiger partial charge is 0.362 e. The Morgan fingerprint density at radius 3 is 2.86 bits per heavy atom. The van der Waals surface area contributed by atoms with E-state index >= 15 is 0 Å². The van der Waals surface area contributed by atoms with Crippen LogP contribution in [0, 0.1) is 6.92 Å². The van der Waals surface area contributed by atoms with Crippen molar-refractivity contribution in [2.24, 2.45) is 0 Å². The second-order valence-corrected chi connectivity index (χ2v) is 5.81. The van der Waals surface area contributed by atoms with Crippen molar-refractivity contribution in [1.82, 2.24) is 4.98 Å². The molecule has 0 amide bonds. The summed E-state index contributed by atoms with van der Waals surface area (Å²) in [5.74, 6) is -0.0481. The van der Waals surface area contributed by atoms with Crippen molar-refractivity contribution in [1.29, 1.82) is 0 Å². The summed E-state index contributed by atoms with van der Waals surface area (Å²) < 4.78 is 6.06. The van der Waals surface area contributed by atoms with E-state index in [9.17, 15) is 9.90 Å². The Balaban J connectivity index is 2.11. The summed E-state index contributed by atoms with van der Waals surface area (Å²) in [6.07, 6.45) is 1.31. The lowest BCUT2D eigenvalue weighted by molar-refractivity contribution is 0.514. The standard InChI is InChI=1S/C17H12BrNO3/c1-10-5-6-16-13(7-10)19-14(17(21)22-16)9-15(20)11-3-2-4-12(18)8-11/h2-9,20H,1H3. The van der Waals surface area contributed by atoms with Gasteiger partial charge in [0.2, 0.25) is 0 Å². The molecule has 110 valence electrons. The van der Waals surface area contributed by atoms with Crippen LogP contribution in [-0.2, 0) is 0 Å². The highest BCUT2D eigenvalue weighted by Gasteiger charge is 2.08. The Hall–Kier alpha value is -2.40. The first-order valence-electron chi connectivity index (χ1n) is 6.61. The molecule has 4 nitrogen and oxygen atoms in total. The van der Waals surface area contributed by atoms with Crippen molar-refractivity contribution in [2.75, 3.05) is 0 Å². The number of fused-ring (bicyclic) bond motifs is 1. The highest BCUT2D eigenvalue weighted by molar-refractivity contribution is 9.10. The quantitative estimate of drug-likeness (QED) is 0.694. The number of hydrogen-bond donors (Lipinski definition) is 1. The van der Waals surface area contributed by atoms with Crippen LogP contribution in [0.2, 0.25) is 0 Å². The number of aliphatic hydroxyl groups is 1. The van der Waals surface area contributed by atoms with Gasteiger partial charge >= 0.3 is 5.63 Å². The highest BCUT2D eigenvalue weighted by atomic mass is 79.9. The molecule has 3 aromatic rings. The van der Waals surface area contributed by atoms with E-state index < -0.39 is 5.63 Å². The van der Waals surface area contributed by atoms with E-state index in [0.717, 1.165) is 10.0 Å². The van der Waals surface area contributed by atoms with Gasteiger partial charge in [0.05, 0.1) is 0 Å². The molecule has 0 saturated heterocycles. The summed E-state index contributed by atoms with van der Waals surface area (Å²) in [6.45, 7) is 1.93. The van der Waals surface area contributed by atoms with Crippen LogP contribution in [0.3, 0.4) is 0 Å². The molecule has 0 aliphatic heterocycles. The topological polar surface area (TPSA) is 63.3 Å². The van der Waals surface area contributed by atoms with E-state index in [1.165, 1.54) is 6.08 Å². The minimum absolute atomic E-state index is 0.0481. The van der Waals surface area contributed by atoms with Gasteiger partial charge in [-0.15, -0.1) is 0 Å². The second-order valence-electron chi connectivity index (χ2n) is 4.90. The van der Waals surface area contributed by atoms with Gasteiger partial charge < -0.3 is 9.52 Å². The normalized spacial score (nSPS) is 11.8. The number of rotatable bonds is 2. The first kappa shape index (κ1) is 14.5. The molecule has 0 aliphatic rings. The summed E-state index contributed by atoms with van der Waals surface area (Å²) in [5, 5.41) is 10.2. The van der Waals surface area contributed by atoms with Crippen molar-refractivity contribution in [3.05, 3.63) is 74.2 Å². The lowest BCUT2D eigenvalue weighted by Gasteiger charge is -2.02. The van der Waals surface area contributed by atoms with Crippen LogP contribution in [0.15, 0.2) is 56.1 Å². The summed E-state index contributed by atoms with van der Waals surface area (Å²) in [4.78, 5) is 16.2.